The number of aryl methyl sites for hydroxylation is 1. The van der Waals surface area contributed by atoms with E-state index < -0.39 is 0 Å². The minimum absolute atomic E-state index is 0.301. The van der Waals surface area contributed by atoms with Gasteiger partial charge in [-0.05, 0) is 13.0 Å². The van der Waals surface area contributed by atoms with E-state index in [2.05, 4.69) is 15.1 Å². The van der Waals surface area contributed by atoms with E-state index in [1.807, 2.05) is 23.6 Å². The Bertz CT molecular complexity index is 750. The highest BCUT2D eigenvalue weighted by Crippen LogP contribution is 2.20. The fourth-order valence-corrected chi connectivity index (χ4v) is 2.27. The topological polar surface area (TPSA) is 66.0 Å². The third kappa shape index (κ3) is 2.22. The zero-order valence-electron chi connectivity index (χ0n) is 11.1. The second-order valence-corrected chi connectivity index (χ2v) is 4.64. The van der Waals surface area contributed by atoms with Crippen LogP contribution in [0, 0.1) is 6.92 Å². The average molecular weight is 293 g/mol. The highest BCUT2D eigenvalue weighted by Gasteiger charge is 2.14. The van der Waals surface area contributed by atoms with Crippen molar-refractivity contribution in [2.24, 2.45) is 0 Å². The first-order valence-electron chi connectivity index (χ1n) is 6.09. The molecule has 3 aromatic rings. The van der Waals surface area contributed by atoms with Gasteiger partial charge in [-0.3, -0.25) is 0 Å². The fraction of sp³-hybridized carbons (Fsp3) is 0.308. The Kier molecular flexibility index (Phi) is 3.31. The number of aromatic nitrogens is 4. The van der Waals surface area contributed by atoms with E-state index in [-0.39, 0.29) is 0 Å². The monoisotopic (exact) mass is 292 g/mol. The molecular formula is C13H13ClN4O2. The van der Waals surface area contributed by atoms with Crippen molar-refractivity contribution in [1.82, 2.24) is 19.7 Å². The fourth-order valence-electron chi connectivity index (χ4n) is 2.07. The van der Waals surface area contributed by atoms with Gasteiger partial charge < -0.3 is 13.8 Å². The molecule has 3 rings (SSSR count). The molecular weight excluding hydrogens is 280 g/mol. The maximum atomic E-state index is 5.96. The number of methoxy groups -OCH3 is 1. The Labute approximate surface area is 120 Å². The molecule has 0 aliphatic carbocycles. The molecule has 0 atom stereocenters. The number of ether oxygens (including phenoxy) is 1. The standard InChI is InChI=1S/C13H13ClN4O2/c1-8-5-9(17-20-8)7-18-11(6-14)15-10-3-4-12(19-2)16-13(10)18/h3-5H,6-7H2,1-2H3. The van der Waals surface area contributed by atoms with E-state index in [0.29, 0.717) is 18.3 Å². The molecule has 104 valence electrons. The number of pyridine rings is 1. The summed E-state index contributed by atoms with van der Waals surface area (Å²) in [6, 6.07) is 5.52. The number of nitrogens with zero attached hydrogens (tertiary/aromatic N) is 4. The lowest BCUT2D eigenvalue weighted by Crippen LogP contribution is -2.05. The molecule has 0 N–H and O–H groups in total. The van der Waals surface area contributed by atoms with Crippen LogP contribution in [0.1, 0.15) is 17.3 Å². The second kappa shape index (κ2) is 5.13. The quantitative estimate of drug-likeness (QED) is 0.691. The van der Waals surface area contributed by atoms with Crippen molar-refractivity contribution >= 4 is 22.8 Å². The normalized spacial score (nSPS) is 11.2. The van der Waals surface area contributed by atoms with Gasteiger partial charge in [-0.25, -0.2) is 4.98 Å². The van der Waals surface area contributed by atoms with E-state index in [4.69, 9.17) is 20.9 Å². The van der Waals surface area contributed by atoms with Crippen LogP contribution in [-0.4, -0.2) is 26.8 Å². The molecule has 0 saturated heterocycles. The number of fused-ring (bicyclic) bond motifs is 1. The third-order valence-electron chi connectivity index (χ3n) is 2.97. The van der Waals surface area contributed by atoms with E-state index in [0.717, 1.165) is 28.4 Å². The smallest absolute Gasteiger partial charge is 0.215 e. The van der Waals surface area contributed by atoms with Crippen molar-refractivity contribution in [3.05, 3.63) is 35.5 Å². The molecule has 20 heavy (non-hydrogen) atoms. The van der Waals surface area contributed by atoms with Gasteiger partial charge in [-0.2, -0.15) is 4.98 Å². The molecule has 0 amide bonds. The van der Waals surface area contributed by atoms with Gasteiger partial charge in [0.05, 0.1) is 19.5 Å². The summed E-state index contributed by atoms with van der Waals surface area (Å²) in [5, 5.41) is 3.99. The summed E-state index contributed by atoms with van der Waals surface area (Å²) in [6.07, 6.45) is 0. The van der Waals surface area contributed by atoms with Crippen LogP contribution in [0.5, 0.6) is 5.88 Å². The summed E-state index contributed by atoms with van der Waals surface area (Å²) in [5.41, 5.74) is 2.31. The second-order valence-electron chi connectivity index (χ2n) is 4.37. The van der Waals surface area contributed by atoms with E-state index in [1.165, 1.54) is 0 Å². The van der Waals surface area contributed by atoms with Crippen molar-refractivity contribution < 1.29 is 9.26 Å². The van der Waals surface area contributed by atoms with Crippen molar-refractivity contribution in [3.63, 3.8) is 0 Å². The minimum Gasteiger partial charge on any atom is -0.481 e. The number of hydrogen-bond donors (Lipinski definition) is 0. The summed E-state index contributed by atoms with van der Waals surface area (Å²) >= 11 is 5.96. The first-order valence-corrected chi connectivity index (χ1v) is 6.63. The summed E-state index contributed by atoms with van der Waals surface area (Å²) in [5.74, 6) is 2.34. The van der Waals surface area contributed by atoms with Gasteiger partial charge in [0.15, 0.2) is 5.65 Å². The summed E-state index contributed by atoms with van der Waals surface area (Å²) < 4.78 is 12.2. The van der Waals surface area contributed by atoms with Crippen LogP contribution in [0.3, 0.4) is 0 Å². The Morgan fingerprint density at radius 2 is 2.20 bits per heavy atom. The molecule has 0 aliphatic rings. The Morgan fingerprint density at radius 1 is 1.35 bits per heavy atom. The Balaban J connectivity index is 2.10. The van der Waals surface area contributed by atoms with Crippen LogP contribution < -0.4 is 4.74 Å². The Morgan fingerprint density at radius 3 is 2.85 bits per heavy atom. The molecule has 0 spiro atoms. The minimum atomic E-state index is 0.301. The van der Waals surface area contributed by atoms with Crippen LogP contribution in [0.2, 0.25) is 0 Å². The van der Waals surface area contributed by atoms with Gasteiger partial charge in [0.25, 0.3) is 0 Å². The van der Waals surface area contributed by atoms with Crippen LogP contribution in [0.15, 0.2) is 22.7 Å². The zero-order valence-corrected chi connectivity index (χ0v) is 11.9. The maximum absolute atomic E-state index is 5.96. The highest BCUT2D eigenvalue weighted by molar-refractivity contribution is 6.16. The summed E-state index contributed by atoms with van der Waals surface area (Å²) in [6.45, 7) is 2.36. The highest BCUT2D eigenvalue weighted by atomic mass is 35.5. The SMILES string of the molecule is COc1ccc2nc(CCl)n(Cc3cc(C)on3)c2n1. The van der Waals surface area contributed by atoms with Crippen molar-refractivity contribution in [1.29, 1.82) is 0 Å². The number of alkyl halides is 1. The number of halogens is 1. The lowest BCUT2D eigenvalue weighted by Gasteiger charge is -2.05. The number of hydrogen-bond acceptors (Lipinski definition) is 5. The molecule has 0 radical (unpaired) electrons. The van der Waals surface area contributed by atoms with Crippen molar-refractivity contribution in [3.8, 4) is 5.88 Å². The Hall–Kier alpha value is -2.08. The molecule has 0 unspecified atom stereocenters. The van der Waals surface area contributed by atoms with Gasteiger partial charge in [0, 0.05) is 12.1 Å². The van der Waals surface area contributed by atoms with E-state index in [9.17, 15) is 0 Å². The predicted octanol–water partition coefficient (Wildman–Crippen LogP) is 2.52. The van der Waals surface area contributed by atoms with Crippen molar-refractivity contribution in [2.75, 3.05) is 7.11 Å². The number of imidazole rings is 1. The van der Waals surface area contributed by atoms with Crippen LogP contribution in [-0.2, 0) is 12.4 Å². The van der Waals surface area contributed by atoms with Gasteiger partial charge >= 0.3 is 0 Å². The third-order valence-corrected chi connectivity index (χ3v) is 3.21. The van der Waals surface area contributed by atoms with E-state index in [1.54, 1.807) is 13.2 Å². The molecule has 0 aliphatic heterocycles. The largest absolute Gasteiger partial charge is 0.481 e. The van der Waals surface area contributed by atoms with Crippen LogP contribution >= 0.6 is 11.6 Å². The average Bonchev–Trinajstić information content (AvgIpc) is 3.03. The van der Waals surface area contributed by atoms with Gasteiger partial charge in [-0.1, -0.05) is 5.16 Å². The first kappa shape index (κ1) is 12.9. The predicted molar refractivity (Wildman–Crippen MR) is 74.0 cm³/mol. The van der Waals surface area contributed by atoms with Gasteiger partial charge in [0.2, 0.25) is 5.88 Å². The molecule has 0 aromatic carbocycles. The lowest BCUT2D eigenvalue weighted by atomic mass is 10.3. The maximum Gasteiger partial charge on any atom is 0.215 e. The summed E-state index contributed by atoms with van der Waals surface area (Å²) in [7, 11) is 1.58. The van der Waals surface area contributed by atoms with Crippen molar-refractivity contribution in [2.45, 2.75) is 19.3 Å². The summed E-state index contributed by atoms with van der Waals surface area (Å²) in [4.78, 5) is 8.89. The first-order chi connectivity index (χ1) is 9.71. The lowest BCUT2D eigenvalue weighted by molar-refractivity contribution is 0.388. The molecule has 7 heteroatoms. The molecule has 3 aromatic heterocycles. The van der Waals surface area contributed by atoms with Crippen LogP contribution in [0.4, 0.5) is 0 Å². The van der Waals surface area contributed by atoms with Crippen LogP contribution in [0.25, 0.3) is 11.2 Å². The molecule has 0 saturated carbocycles. The van der Waals surface area contributed by atoms with E-state index >= 15 is 0 Å². The van der Waals surface area contributed by atoms with Gasteiger partial charge in [0.1, 0.15) is 22.8 Å². The molecule has 0 fully saturated rings. The molecule has 0 bridgehead atoms. The molecule has 6 nitrogen and oxygen atoms in total. The zero-order chi connectivity index (χ0) is 14.1. The number of rotatable bonds is 4. The van der Waals surface area contributed by atoms with Gasteiger partial charge in [-0.15, -0.1) is 11.6 Å². The molecule has 3 heterocycles.